The number of likely N-dealkylation sites (N-methyl/N-ethyl adjacent to an activating group) is 1. The number of anilines is 1. The number of amides is 3. The summed E-state index contributed by atoms with van der Waals surface area (Å²) in [6.45, 7) is 2.06. The van der Waals surface area contributed by atoms with Gasteiger partial charge in [-0.15, -0.1) is 0 Å². The molecule has 0 unspecified atom stereocenters. The lowest BCUT2D eigenvalue weighted by molar-refractivity contribution is -0.128. The highest BCUT2D eigenvalue weighted by atomic mass is 16.2. The monoisotopic (exact) mass is 349 g/mol. The van der Waals surface area contributed by atoms with E-state index in [4.69, 9.17) is 0 Å². The number of urea groups is 1. The Balaban J connectivity index is 1.43. The van der Waals surface area contributed by atoms with E-state index in [1.165, 1.54) is 16.2 Å². The molecule has 0 N–H and O–H groups in total. The molecule has 1 atom stereocenters. The molecule has 2 aromatic carbocycles. The van der Waals surface area contributed by atoms with E-state index < -0.39 is 6.04 Å². The Labute approximate surface area is 153 Å². The van der Waals surface area contributed by atoms with E-state index in [2.05, 4.69) is 23.1 Å². The molecule has 2 heterocycles. The second-order valence-electron chi connectivity index (χ2n) is 6.95. The van der Waals surface area contributed by atoms with Crippen molar-refractivity contribution in [1.82, 2.24) is 9.80 Å². The summed E-state index contributed by atoms with van der Waals surface area (Å²) >= 11 is 0. The Bertz CT molecular complexity index is 821. The second-order valence-corrected chi connectivity index (χ2v) is 6.95. The van der Waals surface area contributed by atoms with Crippen molar-refractivity contribution in [3.05, 3.63) is 65.7 Å². The Kier molecular flexibility index (Phi) is 4.37. The summed E-state index contributed by atoms with van der Waals surface area (Å²) in [5.74, 6) is -0.0890. The quantitative estimate of drug-likeness (QED) is 0.779. The third-order valence-electron chi connectivity index (χ3n) is 5.40. The zero-order valence-electron chi connectivity index (χ0n) is 15.0. The molecule has 1 saturated heterocycles. The molecule has 2 aliphatic heterocycles. The average Bonchev–Trinajstić information content (AvgIpc) is 3.17. The molecule has 4 rings (SSSR count). The van der Waals surface area contributed by atoms with E-state index in [-0.39, 0.29) is 11.9 Å². The minimum Gasteiger partial charge on any atom is -0.369 e. The number of hydrogen-bond donors (Lipinski definition) is 0. The van der Waals surface area contributed by atoms with Gasteiger partial charge in [0.25, 0.3) is 5.91 Å². The first kappa shape index (κ1) is 16.6. The molecule has 0 radical (unpaired) electrons. The van der Waals surface area contributed by atoms with E-state index in [0.717, 1.165) is 18.5 Å². The van der Waals surface area contributed by atoms with Gasteiger partial charge < -0.3 is 9.80 Å². The molecule has 2 aliphatic rings. The van der Waals surface area contributed by atoms with Crippen LogP contribution in [0.15, 0.2) is 54.6 Å². The normalized spacial score (nSPS) is 19.4. The predicted octanol–water partition coefficient (Wildman–Crippen LogP) is 2.55. The van der Waals surface area contributed by atoms with E-state index in [0.29, 0.717) is 19.5 Å². The van der Waals surface area contributed by atoms with Gasteiger partial charge in [-0.1, -0.05) is 48.5 Å². The van der Waals surface area contributed by atoms with Crippen LogP contribution in [-0.2, 0) is 17.6 Å². The molecular weight excluding hydrogens is 326 g/mol. The third-order valence-corrected chi connectivity index (χ3v) is 5.40. The summed E-state index contributed by atoms with van der Waals surface area (Å²) in [7, 11) is 1.72. The number of nitrogens with zero attached hydrogens (tertiary/aromatic N) is 3. The predicted molar refractivity (Wildman–Crippen MR) is 101 cm³/mol. The maximum absolute atomic E-state index is 12.8. The first-order valence-electron chi connectivity index (χ1n) is 9.10. The van der Waals surface area contributed by atoms with Crippen LogP contribution in [0.2, 0.25) is 0 Å². The number of para-hydroxylation sites is 1. The van der Waals surface area contributed by atoms with E-state index in [1.54, 1.807) is 11.9 Å². The van der Waals surface area contributed by atoms with Crippen LogP contribution in [0.1, 0.15) is 11.1 Å². The summed E-state index contributed by atoms with van der Waals surface area (Å²) in [6.07, 6.45) is 1.58. The van der Waals surface area contributed by atoms with Gasteiger partial charge in [0, 0.05) is 38.8 Å². The maximum Gasteiger partial charge on any atom is 0.327 e. The number of rotatable bonds is 5. The first-order chi connectivity index (χ1) is 12.6. The van der Waals surface area contributed by atoms with Crippen LogP contribution in [0.5, 0.6) is 0 Å². The average molecular weight is 349 g/mol. The minimum absolute atomic E-state index is 0.0890. The lowest BCUT2D eigenvalue weighted by Gasteiger charge is -2.22. The largest absolute Gasteiger partial charge is 0.369 e. The van der Waals surface area contributed by atoms with Crippen molar-refractivity contribution in [3.63, 3.8) is 0 Å². The lowest BCUT2D eigenvalue weighted by Crippen LogP contribution is -2.39. The van der Waals surface area contributed by atoms with Crippen molar-refractivity contribution in [2.24, 2.45) is 0 Å². The van der Waals surface area contributed by atoms with Gasteiger partial charge in [0.1, 0.15) is 6.04 Å². The maximum atomic E-state index is 12.8. The number of carbonyl (C=O) groups excluding carboxylic acids is 2. The van der Waals surface area contributed by atoms with Crippen molar-refractivity contribution in [3.8, 4) is 0 Å². The molecule has 0 spiro atoms. The van der Waals surface area contributed by atoms with Gasteiger partial charge in [-0.25, -0.2) is 4.79 Å². The molecule has 26 heavy (non-hydrogen) atoms. The Hall–Kier alpha value is -2.82. The van der Waals surface area contributed by atoms with Crippen molar-refractivity contribution >= 4 is 17.6 Å². The highest BCUT2D eigenvalue weighted by Crippen LogP contribution is 2.27. The van der Waals surface area contributed by atoms with E-state index in [9.17, 15) is 9.59 Å². The topological polar surface area (TPSA) is 43.9 Å². The van der Waals surface area contributed by atoms with Crippen LogP contribution >= 0.6 is 0 Å². The molecule has 0 aliphatic carbocycles. The summed E-state index contributed by atoms with van der Waals surface area (Å²) in [5, 5.41) is 0. The molecule has 0 saturated carbocycles. The Morgan fingerprint density at radius 3 is 2.50 bits per heavy atom. The molecule has 134 valence electrons. The number of imide groups is 1. The first-order valence-corrected chi connectivity index (χ1v) is 9.10. The molecular formula is C21H23N3O2. The van der Waals surface area contributed by atoms with Crippen LogP contribution in [0.3, 0.4) is 0 Å². The van der Waals surface area contributed by atoms with Gasteiger partial charge >= 0.3 is 6.03 Å². The fourth-order valence-corrected chi connectivity index (χ4v) is 3.89. The van der Waals surface area contributed by atoms with Crippen LogP contribution in [-0.4, -0.2) is 54.5 Å². The highest BCUT2D eigenvalue weighted by molar-refractivity contribution is 6.04. The van der Waals surface area contributed by atoms with E-state index in [1.807, 2.05) is 36.4 Å². The lowest BCUT2D eigenvalue weighted by atomic mass is 10.1. The Morgan fingerprint density at radius 2 is 1.69 bits per heavy atom. The van der Waals surface area contributed by atoms with E-state index >= 15 is 0 Å². The molecule has 2 aromatic rings. The van der Waals surface area contributed by atoms with Crippen LogP contribution < -0.4 is 4.90 Å². The fraction of sp³-hybridized carbons (Fsp3) is 0.333. The number of fused-ring (bicyclic) bond motifs is 1. The minimum atomic E-state index is -0.407. The molecule has 1 fully saturated rings. The number of benzene rings is 2. The summed E-state index contributed by atoms with van der Waals surface area (Å²) in [5.41, 5.74) is 3.63. The van der Waals surface area contributed by atoms with Gasteiger partial charge in [-0.2, -0.15) is 0 Å². The number of carbonyl (C=O) groups is 2. The molecule has 5 nitrogen and oxygen atoms in total. The molecule has 5 heteroatoms. The van der Waals surface area contributed by atoms with Crippen molar-refractivity contribution in [2.75, 3.05) is 31.6 Å². The van der Waals surface area contributed by atoms with Crippen LogP contribution in [0.4, 0.5) is 10.5 Å². The second kappa shape index (κ2) is 6.83. The van der Waals surface area contributed by atoms with Gasteiger partial charge in [0.2, 0.25) is 0 Å². The third kappa shape index (κ3) is 2.94. The van der Waals surface area contributed by atoms with Gasteiger partial charge in [0.05, 0.1) is 0 Å². The standard InChI is InChI=1S/C21H23N3O2/c1-22-19(15-16-7-3-2-4-8-16)20(25)24(21(22)26)14-13-23-12-11-17-9-5-6-10-18(17)23/h2-10,19H,11-15H2,1H3/t19-/m1/s1. The molecule has 3 amide bonds. The molecule has 0 bridgehead atoms. The summed E-state index contributed by atoms with van der Waals surface area (Å²) in [4.78, 5) is 30.7. The fourth-order valence-electron chi connectivity index (χ4n) is 3.89. The van der Waals surface area contributed by atoms with Crippen LogP contribution in [0.25, 0.3) is 0 Å². The highest BCUT2D eigenvalue weighted by Gasteiger charge is 2.42. The van der Waals surface area contributed by atoms with Crippen LogP contribution in [0, 0.1) is 0 Å². The zero-order chi connectivity index (χ0) is 18.1. The smallest absolute Gasteiger partial charge is 0.327 e. The van der Waals surface area contributed by atoms with Gasteiger partial charge in [-0.3, -0.25) is 9.69 Å². The summed E-state index contributed by atoms with van der Waals surface area (Å²) in [6, 6.07) is 17.6. The van der Waals surface area contributed by atoms with Gasteiger partial charge in [0.15, 0.2) is 0 Å². The van der Waals surface area contributed by atoms with Crippen molar-refractivity contribution < 1.29 is 9.59 Å². The summed E-state index contributed by atoms with van der Waals surface area (Å²) < 4.78 is 0. The zero-order valence-corrected chi connectivity index (χ0v) is 15.0. The Morgan fingerprint density at radius 1 is 0.962 bits per heavy atom. The van der Waals surface area contributed by atoms with Gasteiger partial charge in [-0.05, 0) is 23.6 Å². The van der Waals surface area contributed by atoms with Crippen molar-refractivity contribution in [1.29, 1.82) is 0 Å². The molecule has 0 aromatic heterocycles. The number of hydrogen-bond acceptors (Lipinski definition) is 3. The van der Waals surface area contributed by atoms with Crippen molar-refractivity contribution in [2.45, 2.75) is 18.9 Å². The SMILES string of the molecule is CN1C(=O)N(CCN2CCc3ccccc32)C(=O)[C@H]1Cc1ccccc1.